The standard InChI is InChI=1S/C19H22N2O2/c1-23-19(22)17-9-7-16(8-10-17)18-13-20-11-12-21(18)14-15-5-3-2-4-6-15/h2-10,18,20H,11-14H2,1H3/t18-/m0/s1. The first-order valence-corrected chi connectivity index (χ1v) is 7.95. The van der Waals surface area contributed by atoms with E-state index in [0.717, 1.165) is 26.2 Å². The van der Waals surface area contributed by atoms with E-state index in [-0.39, 0.29) is 5.97 Å². The highest BCUT2D eigenvalue weighted by molar-refractivity contribution is 5.89. The van der Waals surface area contributed by atoms with Crippen molar-refractivity contribution in [1.82, 2.24) is 10.2 Å². The molecule has 1 aliphatic heterocycles. The number of piperazine rings is 1. The van der Waals surface area contributed by atoms with Gasteiger partial charge in [0.1, 0.15) is 0 Å². The van der Waals surface area contributed by atoms with Gasteiger partial charge in [-0.05, 0) is 23.3 Å². The third kappa shape index (κ3) is 3.78. The molecule has 1 atom stereocenters. The molecule has 0 amide bonds. The summed E-state index contributed by atoms with van der Waals surface area (Å²) >= 11 is 0. The highest BCUT2D eigenvalue weighted by Gasteiger charge is 2.23. The smallest absolute Gasteiger partial charge is 0.337 e. The molecule has 2 aromatic carbocycles. The van der Waals surface area contributed by atoms with Crippen LogP contribution < -0.4 is 5.32 Å². The van der Waals surface area contributed by atoms with Gasteiger partial charge in [0.15, 0.2) is 0 Å². The predicted octanol–water partition coefficient (Wildman–Crippen LogP) is 2.62. The summed E-state index contributed by atoms with van der Waals surface area (Å²) in [5.74, 6) is -0.292. The van der Waals surface area contributed by atoms with Crippen LogP contribution in [0.15, 0.2) is 54.6 Å². The first kappa shape index (κ1) is 15.7. The second-order valence-electron chi connectivity index (χ2n) is 5.79. The fraction of sp³-hybridized carbons (Fsp3) is 0.316. The fourth-order valence-corrected chi connectivity index (χ4v) is 3.04. The molecule has 0 unspecified atom stereocenters. The fourth-order valence-electron chi connectivity index (χ4n) is 3.04. The van der Waals surface area contributed by atoms with E-state index in [4.69, 9.17) is 4.74 Å². The lowest BCUT2D eigenvalue weighted by Gasteiger charge is -2.36. The van der Waals surface area contributed by atoms with Crippen molar-refractivity contribution in [1.29, 1.82) is 0 Å². The van der Waals surface area contributed by atoms with Crippen LogP contribution in [0.3, 0.4) is 0 Å². The zero-order chi connectivity index (χ0) is 16.1. The Morgan fingerprint density at radius 2 is 1.91 bits per heavy atom. The Bertz CT molecular complexity index is 640. The Morgan fingerprint density at radius 3 is 2.61 bits per heavy atom. The summed E-state index contributed by atoms with van der Waals surface area (Å²) in [4.78, 5) is 14.0. The number of esters is 1. The van der Waals surface area contributed by atoms with Crippen molar-refractivity contribution in [3.63, 3.8) is 0 Å². The monoisotopic (exact) mass is 310 g/mol. The third-order valence-corrected chi connectivity index (χ3v) is 4.30. The summed E-state index contributed by atoms with van der Waals surface area (Å²) in [5.41, 5.74) is 3.14. The van der Waals surface area contributed by atoms with Gasteiger partial charge >= 0.3 is 5.97 Å². The van der Waals surface area contributed by atoms with Crippen molar-refractivity contribution in [3.05, 3.63) is 71.3 Å². The Morgan fingerprint density at radius 1 is 1.17 bits per heavy atom. The van der Waals surface area contributed by atoms with E-state index in [0.29, 0.717) is 11.6 Å². The summed E-state index contributed by atoms with van der Waals surface area (Å²) in [6.07, 6.45) is 0. The molecule has 120 valence electrons. The van der Waals surface area contributed by atoms with Crippen LogP contribution in [-0.2, 0) is 11.3 Å². The van der Waals surface area contributed by atoms with E-state index in [1.165, 1.54) is 18.2 Å². The zero-order valence-electron chi connectivity index (χ0n) is 13.4. The number of ether oxygens (including phenoxy) is 1. The van der Waals surface area contributed by atoms with Gasteiger partial charge in [-0.3, -0.25) is 4.90 Å². The predicted molar refractivity (Wildman–Crippen MR) is 90.2 cm³/mol. The van der Waals surface area contributed by atoms with Crippen molar-refractivity contribution < 1.29 is 9.53 Å². The van der Waals surface area contributed by atoms with Gasteiger partial charge in [-0.2, -0.15) is 0 Å². The van der Waals surface area contributed by atoms with Gasteiger partial charge in [-0.15, -0.1) is 0 Å². The molecule has 0 spiro atoms. The maximum atomic E-state index is 11.6. The number of rotatable bonds is 4. The van der Waals surface area contributed by atoms with Crippen LogP contribution in [0.1, 0.15) is 27.5 Å². The van der Waals surface area contributed by atoms with Gasteiger partial charge in [0.2, 0.25) is 0 Å². The molecule has 1 N–H and O–H groups in total. The van der Waals surface area contributed by atoms with Crippen LogP contribution in [-0.4, -0.2) is 37.6 Å². The molecule has 4 heteroatoms. The molecule has 0 saturated carbocycles. The first-order chi connectivity index (χ1) is 11.3. The Balaban J connectivity index is 1.77. The van der Waals surface area contributed by atoms with E-state index in [2.05, 4.69) is 34.5 Å². The van der Waals surface area contributed by atoms with Crippen LogP contribution in [0.2, 0.25) is 0 Å². The molecule has 0 bridgehead atoms. The number of carbonyl (C=O) groups is 1. The highest BCUT2D eigenvalue weighted by atomic mass is 16.5. The largest absolute Gasteiger partial charge is 0.465 e. The van der Waals surface area contributed by atoms with E-state index < -0.39 is 0 Å². The van der Waals surface area contributed by atoms with E-state index >= 15 is 0 Å². The normalized spacial score (nSPS) is 18.6. The van der Waals surface area contributed by atoms with Crippen LogP contribution in [0.4, 0.5) is 0 Å². The number of benzene rings is 2. The quantitative estimate of drug-likeness (QED) is 0.882. The summed E-state index contributed by atoms with van der Waals surface area (Å²) < 4.78 is 4.76. The minimum absolute atomic E-state index is 0.292. The summed E-state index contributed by atoms with van der Waals surface area (Å²) in [5, 5.41) is 3.46. The molecule has 2 aromatic rings. The van der Waals surface area contributed by atoms with Gasteiger partial charge in [-0.1, -0.05) is 42.5 Å². The van der Waals surface area contributed by atoms with Crippen LogP contribution in [0.5, 0.6) is 0 Å². The van der Waals surface area contributed by atoms with Crippen LogP contribution >= 0.6 is 0 Å². The van der Waals surface area contributed by atoms with Crippen molar-refractivity contribution in [2.45, 2.75) is 12.6 Å². The lowest BCUT2D eigenvalue weighted by molar-refractivity contribution is 0.0600. The van der Waals surface area contributed by atoms with Gasteiger partial charge in [0.25, 0.3) is 0 Å². The van der Waals surface area contributed by atoms with E-state index in [1.54, 1.807) is 0 Å². The molecule has 1 saturated heterocycles. The third-order valence-electron chi connectivity index (χ3n) is 4.30. The number of hydrogen-bond acceptors (Lipinski definition) is 4. The SMILES string of the molecule is COC(=O)c1ccc([C@@H]2CNCCN2Cc2ccccc2)cc1. The van der Waals surface area contributed by atoms with Crippen LogP contribution in [0, 0.1) is 0 Å². The molecule has 1 heterocycles. The Hall–Kier alpha value is -2.17. The van der Waals surface area contributed by atoms with E-state index in [1.807, 2.05) is 30.3 Å². The molecule has 0 radical (unpaired) electrons. The minimum Gasteiger partial charge on any atom is -0.465 e. The first-order valence-electron chi connectivity index (χ1n) is 7.95. The average Bonchev–Trinajstić information content (AvgIpc) is 2.62. The molecule has 0 aliphatic carbocycles. The van der Waals surface area contributed by atoms with Crippen molar-refractivity contribution >= 4 is 5.97 Å². The maximum absolute atomic E-state index is 11.6. The molecule has 4 nitrogen and oxygen atoms in total. The maximum Gasteiger partial charge on any atom is 0.337 e. The number of nitrogens with zero attached hydrogens (tertiary/aromatic N) is 1. The number of methoxy groups -OCH3 is 1. The Kier molecular flexibility index (Phi) is 5.05. The minimum atomic E-state index is -0.292. The van der Waals surface area contributed by atoms with Crippen molar-refractivity contribution in [3.8, 4) is 0 Å². The topological polar surface area (TPSA) is 41.6 Å². The van der Waals surface area contributed by atoms with E-state index in [9.17, 15) is 4.79 Å². The van der Waals surface area contributed by atoms with Gasteiger partial charge < -0.3 is 10.1 Å². The molecular formula is C19H22N2O2. The van der Waals surface area contributed by atoms with Gasteiger partial charge in [-0.25, -0.2) is 4.79 Å². The lowest BCUT2D eigenvalue weighted by atomic mass is 10.0. The van der Waals surface area contributed by atoms with Gasteiger partial charge in [0.05, 0.1) is 12.7 Å². The molecule has 0 aromatic heterocycles. The second kappa shape index (κ2) is 7.40. The second-order valence-corrected chi connectivity index (χ2v) is 5.79. The molecule has 23 heavy (non-hydrogen) atoms. The highest BCUT2D eigenvalue weighted by Crippen LogP contribution is 2.24. The summed E-state index contributed by atoms with van der Waals surface area (Å²) in [7, 11) is 1.41. The lowest BCUT2D eigenvalue weighted by Crippen LogP contribution is -2.45. The number of hydrogen-bond donors (Lipinski definition) is 1. The Labute approximate surface area is 137 Å². The van der Waals surface area contributed by atoms with Crippen LogP contribution in [0.25, 0.3) is 0 Å². The van der Waals surface area contributed by atoms with Crippen molar-refractivity contribution in [2.75, 3.05) is 26.7 Å². The summed E-state index contributed by atoms with van der Waals surface area (Å²) in [6, 6.07) is 18.6. The number of carbonyl (C=O) groups excluding carboxylic acids is 1. The van der Waals surface area contributed by atoms with Gasteiger partial charge in [0, 0.05) is 32.2 Å². The molecule has 1 aliphatic rings. The number of nitrogens with one attached hydrogen (secondary N) is 1. The molecule has 1 fully saturated rings. The zero-order valence-corrected chi connectivity index (χ0v) is 13.4. The van der Waals surface area contributed by atoms with Crippen molar-refractivity contribution in [2.24, 2.45) is 0 Å². The molecular weight excluding hydrogens is 288 g/mol. The summed E-state index contributed by atoms with van der Waals surface area (Å²) in [6.45, 7) is 3.87. The average molecular weight is 310 g/mol. The molecule has 3 rings (SSSR count).